The molecular weight excluding hydrogens is 177 g/mol. The van der Waals surface area contributed by atoms with Crippen LogP contribution in [-0.2, 0) is 0 Å². The second kappa shape index (κ2) is 5.51. The normalized spacial score (nSPS) is 15.0. The van der Waals surface area contributed by atoms with Crippen molar-refractivity contribution in [2.24, 2.45) is 11.8 Å². The molecule has 0 heterocycles. The van der Waals surface area contributed by atoms with Crippen LogP contribution >= 0.6 is 0 Å². The van der Waals surface area contributed by atoms with E-state index in [1.165, 1.54) is 0 Å². The standard InChI is InChI=1S/C10H19F3/c1-4-5-6-9(8(2)3)7-10(11,12)13/h8-9H,4-7H2,1-3H3. The van der Waals surface area contributed by atoms with Gasteiger partial charge in [-0.15, -0.1) is 0 Å². The SMILES string of the molecule is CCCCC(CC(F)(F)F)C(C)C. The molecule has 0 aromatic rings. The van der Waals surface area contributed by atoms with Gasteiger partial charge in [-0.3, -0.25) is 0 Å². The van der Waals surface area contributed by atoms with E-state index in [0.29, 0.717) is 6.42 Å². The van der Waals surface area contributed by atoms with Crippen LogP contribution in [0.1, 0.15) is 46.5 Å². The minimum Gasteiger partial charge on any atom is -0.171 e. The van der Waals surface area contributed by atoms with E-state index in [9.17, 15) is 13.2 Å². The van der Waals surface area contributed by atoms with Crippen LogP contribution in [0.5, 0.6) is 0 Å². The summed E-state index contributed by atoms with van der Waals surface area (Å²) in [4.78, 5) is 0. The Labute approximate surface area is 78.5 Å². The molecular formula is C10H19F3. The van der Waals surface area contributed by atoms with Crippen molar-refractivity contribution in [3.8, 4) is 0 Å². The Morgan fingerprint density at radius 3 is 2.00 bits per heavy atom. The summed E-state index contributed by atoms with van der Waals surface area (Å²) >= 11 is 0. The van der Waals surface area contributed by atoms with Crippen molar-refractivity contribution in [1.29, 1.82) is 0 Å². The van der Waals surface area contributed by atoms with Gasteiger partial charge in [0.1, 0.15) is 0 Å². The molecule has 0 saturated heterocycles. The predicted molar refractivity (Wildman–Crippen MR) is 48.5 cm³/mol. The number of hydrogen-bond acceptors (Lipinski definition) is 0. The summed E-state index contributed by atoms with van der Waals surface area (Å²) in [5.74, 6) is -0.0619. The van der Waals surface area contributed by atoms with Gasteiger partial charge in [0.15, 0.2) is 0 Å². The Balaban J connectivity index is 3.95. The minimum absolute atomic E-state index is 0.133. The molecule has 0 radical (unpaired) electrons. The molecule has 1 atom stereocenters. The first-order valence-electron chi connectivity index (χ1n) is 4.93. The van der Waals surface area contributed by atoms with E-state index in [1.54, 1.807) is 0 Å². The third-order valence-electron chi connectivity index (χ3n) is 2.36. The molecule has 1 unspecified atom stereocenters. The minimum atomic E-state index is -4.00. The van der Waals surface area contributed by atoms with Gasteiger partial charge < -0.3 is 0 Å². The van der Waals surface area contributed by atoms with Crippen molar-refractivity contribution in [2.75, 3.05) is 0 Å². The monoisotopic (exact) mass is 196 g/mol. The van der Waals surface area contributed by atoms with Gasteiger partial charge in [-0.25, -0.2) is 0 Å². The van der Waals surface area contributed by atoms with Crippen LogP contribution in [0.3, 0.4) is 0 Å². The molecule has 0 nitrogen and oxygen atoms in total. The second-order valence-electron chi connectivity index (χ2n) is 3.97. The van der Waals surface area contributed by atoms with Crippen molar-refractivity contribution in [3.63, 3.8) is 0 Å². The summed E-state index contributed by atoms with van der Waals surface area (Å²) < 4.78 is 36.3. The highest BCUT2D eigenvalue weighted by Crippen LogP contribution is 2.31. The molecule has 0 N–H and O–H groups in total. The maximum atomic E-state index is 12.1. The van der Waals surface area contributed by atoms with E-state index in [1.807, 2.05) is 20.8 Å². The molecule has 0 fully saturated rings. The highest BCUT2D eigenvalue weighted by atomic mass is 19.4. The fraction of sp³-hybridized carbons (Fsp3) is 1.00. The number of unbranched alkanes of at least 4 members (excludes halogenated alkanes) is 1. The van der Waals surface area contributed by atoms with Gasteiger partial charge >= 0.3 is 6.18 Å². The summed E-state index contributed by atoms with van der Waals surface area (Å²) in [5, 5.41) is 0. The van der Waals surface area contributed by atoms with Crippen LogP contribution < -0.4 is 0 Å². The van der Waals surface area contributed by atoms with Crippen LogP contribution in [-0.4, -0.2) is 6.18 Å². The van der Waals surface area contributed by atoms with E-state index in [0.717, 1.165) is 12.8 Å². The Morgan fingerprint density at radius 2 is 1.69 bits per heavy atom. The molecule has 0 amide bonds. The molecule has 0 aliphatic rings. The maximum absolute atomic E-state index is 12.1. The molecule has 0 aliphatic heterocycles. The molecule has 0 aromatic heterocycles. The van der Waals surface area contributed by atoms with E-state index in [-0.39, 0.29) is 11.8 Å². The van der Waals surface area contributed by atoms with Gasteiger partial charge in [-0.05, 0) is 18.3 Å². The lowest BCUT2D eigenvalue weighted by Crippen LogP contribution is -2.19. The topological polar surface area (TPSA) is 0 Å². The van der Waals surface area contributed by atoms with E-state index in [4.69, 9.17) is 0 Å². The van der Waals surface area contributed by atoms with Gasteiger partial charge in [-0.2, -0.15) is 13.2 Å². The van der Waals surface area contributed by atoms with E-state index in [2.05, 4.69) is 0 Å². The molecule has 3 heteroatoms. The van der Waals surface area contributed by atoms with Crippen LogP contribution in [0.15, 0.2) is 0 Å². The van der Waals surface area contributed by atoms with E-state index < -0.39 is 12.6 Å². The first-order valence-corrected chi connectivity index (χ1v) is 4.93. The van der Waals surface area contributed by atoms with E-state index >= 15 is 0 Å². The van der Waals surface area contributed by atoms with Crippen LogP contribution in [0.2, 0.25) is 0 Å². The Morgan fingerprint density at radius 1 is 1.15 bits per heavy atom. The van der Waals surface area contributed by atoms with Crippen LogP contribution in [0, 0.1) is 11.8 Å². The summed E-state index contributed by atoms with van der Waals surface area (Å²) in [7, 11) is 0. The Kier molecular flexibility index (Phi) is 5.42. The summed E-state index contributed by atoms with van der Waals surface area (Å²) in [6, 6.07) is 0. The molecule has 0 saturated carbocycles. The first kappa shape index (κ1) is 12.8. The summed E-state index contributed by atoms with van der Waals surface area (Å²) in [5.41, 5.74) is 0. The van der Waals surface area contributed by atoms with Gasteiger partial charge in [0.2, 0.25) is 0 Å². The average molecular weight is 196 g/mol. The average Bonchev–Trinajstić information content (AvgIpc) is 1.95. The van der Waals surface area contributed by atoms with Crippen molar-refractivity contribution in [2.45, 2.75) is 52.6 Å². The van der Waals surface area contributed by atoms with Crippen molar-refractivity contribution < 1.29 is 13.2 Å². The van der Waals surface area contributed by atoms with Gasteiger partial charge in [0, 0.05) is 6.42 Å². The first-order chi connectivity index (χ1) is 5.87. The molecule has 80 valence electrons. The van der Waals surface area contributed by atoms with Gasteiger partial charge in [0.05, 0.1) is 0 Å². The second-order valence-corrected chi connectivity index (χ2v) is 3.97. The molecule has 0 spiro atoms. The zero-order valence-corrected chi connectivity index (χ0v) is 8.62. The van der Waals surface area contributed by atoms with Crippen molar-refractivity contribution >= 4 is 0 Å². The third kappa shape index (κ3) is 6.91. The largest absolute Gasteiger partial charge is 0.389 e. The van der Waals surface area contributed by atoms with Crippen molar-refractivity contribution in [3.05, 3.63) is 0 Å². The molecule has 13 heavy (non-hydrogen) atoms. The Hall–Kier alpha value is -0.210. The van der Waals surface area contributed by atoms with Crippen LogP contribution in [0.4, 0.5) is 13.2 Å². The number of halogens is 3. The highest BCUT2D eigenvalue weighted by Gasteiger charge is 2.32. The fourth-order valence-corrected chi connectivity index (χ4v) is 1.43. The Bertz CT molecular complexity index is 127. The fourth-order valence-electron chi connectivity index (χ4n) is 1.43. The number of alkyl halides is 3. The van der Waals surface area contributed by atoms with Gasteiger partial charge in [-0.1, -0.05) is 33.6 Å². The quantitative estimate of drug-likeness (QED) is 0.611. The maximum Gasteiger partial charge on any atom is 0.389 e. The highest BCUT2D eigenvalue weighted by molar-refractivity contribution is 4.67. The molecule has 0 aliphatic carbocycles. The lowest BCUT2D eigenvalue weighted by molar-refractivity contribution is -0.148. The zero-order valence-electron chi connectivity index (χ0n) is 8.62. The lowest BCUT2D eigenvalue weighted by atomic mass is 9.88. The lowest BCUT2D eigenvalue weighted by Gasteiger charge is -2.21. The zero-order chi connectivity index (χ0) is 10.5. The van der Waals surface area contributed by atoms with Gasteiger partial charge in [0.25, 0.3) is 0 Å². The van der Waals surface area contributed by atoms with Crippen molar-refractivity contribution in [1.82, 2.24) is 0 Å². The molecule has 0 aromatic carbocycles. The smallest absolute Gasteiger partial charge is 0.171 e. The third-order valence-corrected chi connectivity index (χ3v) is 2.36. The summed E-state index contributed by atoms with van der Waals surface area (Å²) in [6.07, 6.45) is -2.04. The molecule has 0 bridgehead atoms. The number of rotatable bonds is 5. The number of hydrogen-bond donors (Lipinski definition) is 0. The molecule has 0 rings (SSSR count). The predicted octanol–water partition coefficient (Wildman–Crippen LogP) is 4.40. The summed E-state index contributed by atoms with van der Waals surface area (Å²) in [6.45, 7) is 5.74. The van der Waals surface area contributed by atoms with Crippen LogP contribution in [0.25, 0.3) is 0 Å².